The Balaban J connectivity index is 2.04. The molecule has 1 N–H and O–H groups in total. The van der Waals surface area contributed by atoms with Gasteiger partial charge in [0.25, 0.3) is 0 Å². The summed E-state index contributed by atoms with van der Waals surface area (Å²) in [5.74, 6) is 0.0980. The first kappa shape index (κ1) is 12.5. The van der Waals surface area contributed by atoms with E-state index in [-0.39, 0.29) is 11.9 Å². The van der Waals surface area contributed by atoms with Crippen LogP contribution in [-0.2, 0) is 11.2 Å². The van der Waals surface area contributed by atoms with Gasteiger partial charge in [-0.15, -0.1) is 0 Å². The fourth-order valence-corrected chi connectivity index (χ4v) is 2.13. The number of rotatable bonds is 2. The fraction of sp³-hybridized carbons (Fsp3) is 0.462. The van der Waals surface area contributed by atoms with Crippen molar-refractivity contribution in [2.45, 2.75) is 19.4 Å². The largest absolute Gasteiger partial charge is 0.337 e. The van der Waals surface area contributed by atoms with Crippen molar-refractivity contribution in [3.05, 3.63) is 29.6 Å². The molecule has 0 aromatic carbocycles. The predicted molar refractivity (Wildman–Crippen MR) is 66.7 cm³/mol. The zero-order valence-electron chi connectivity index (χ0n) is 10.4. The number of hydrogen-bond acceptors (Lipinski definition) is 4. The minimum atomic E-state index is 0.0980. The first-order chi connectivity index (χ1) is 8.70. The van der Waals surface area contributed by atoms with Crippen molar-refractivity contribution in [3.63, 3.8) is 0 Å². The third kappa shape index (κ3) is 2.84. The molecule has 0 bridgehead atoms. The van der Waals surface area contributed by atoms with Crippen LogP contribution in [0.15, 0.2) is 18.5 Å². The van der Waals surface area contributed by atoms with Crippen molar-refractivity contribution in [2.75, 3.05) is 19.6 Å². The molecule has 1 saturated heterocycles. The maximum Gasteiger partial charge on any atom is 0.227 e. The Morgan fingerprint density at radius 2 is 2.50 bits per heavy atom. The number of piperazine rings is 1. The molecule has 0 radical (unpaired) electrons. The molecular weight excluding hydrogens is 228 g/mol. The predicted octanol–water partition coefficient (Wildman–Crippen LogP) is 0.316. The zero-order valence-corrected chi connectivity index (χ0v) is 10.4. The van der Waals surface area contributed by atoms with E-state index in [1.165, 1.54) is 6.20 Å². The minimum absolute atomic E-state index is 0.0980. The van der Waals surface area contributed by atoms with Crippen molar-refractivity contribution in [3.8, 4) is 6.07 Å². The maximum absolute atomic E-state index is 12.2. The molecule has 0 aliphatic carbocycles. The number of hydrogen-bond donors (Lipinski definition) is 1. The van der Waals surface area contributed by atoms with Crippen LogP contribution < -0.4 is 5.32 Å². The molecule has 0 spiro atoms. The van der Waals surface area contributed by atoms with E-state index in [1.54, 1.807) is 12.3 Å². The van der Waals surface area contributed by atoms with E-state index in [4.69, 9.17) is 5.26 Å². The van der Waals surface area contributed by atoms with Gasteiger partial charge in [-0.3, -0.25) is 9.78 Å². The summed E-state index contributed by atoms with van der Waals surface area (Å²) in [5.41, 5.74) is 1.29. The van der Waals surface area contributed by atoms with Gasteiger partial charge in [-0.2, -0.15) is 5.26 Å². The summed E-state index contributed by atoms with van der Waals surface area (Å²) in [5, 5.41) is 12.0. The van der Waals surface area contributed by atoms with Crippen molar-refractivity contribution in [2.24, 2.45) is 0 Å². The highest BCUT2D eigenvalue weighted by Gasteiger charge is 2.22. The van der Waals surface area contributed by atoms with Gasteiger partial charge in [0.2, 0.25) is 5.91 Å². The Bertz CT molecular complexity index is 480. The van der Waals surface area contributed by atoms with E-state index in [0.29, 0.717) is 12.0 Å². The van der Waals surface area contributed by atoms with Gasteiger partial charge >= 0.3 is 0 Å². The van der Waals surface area contributed by atoms with Gasteiger partial charge in [-0.05, 0) is 18.6 Å². The highest BCUT2D eigenvalue weighted by Crippen LogP contribution is 2.08. The molecule has 1 aromatic rings. The van der Waals surface area contributed by atoms with Gasteiger partial charge in [-0.25, -0.2) is 0 Å². The van der Waals surface area contributed by atoms with Crippen molar-refractivity contribution in [1.82, 2.24) is 15.2 Å². The zero-order chi connectivity index (χ0) is 13.0. The Morgan fingerprint density at radius 3 is 3.22 bits per heavy atom. The molecule has 1 aliphatic heterocycles. The second kappa shape index (κ2) is 5.61. The van der Waals surface area contributed by atoms with E-state index < -0.39 is 0 Å². The Hall–Kier alpha value is -1.93. The summed E-state index contributed by atoms with van der Waals surface area (Å²) in [6, 6.07) is 3.97. The van der Waals surface area contributed by atoms with Crippen LogP contribution in [0.1, 0.15) is 18.1 Å². The summed E-state index contributed by atoms with van der Waals surface area (Å²) in [7, 11) is 0. The average molecular weight is 244 g/mol. The number of nitrogens with zero attached hydrogens (tertiary/aromatic N) is 3. The van der Waals surface area contributed by atoms with Gasteiger partial charge in [-0.1, -0.05) is 0 Å². The lowest BCUT2D eigenvalue weighted by molar-refractivity contribution is -0.133. The topological polar surface area (TPSA) is 69.0 Å². The number of pyridine rings is 1. The lowest BCUT2D eigenvalue weighted by atomic mass is 10.1. The molecule has 1 atom stereocenters. The lowest BCUT2D eigenvalue weighted by Gasteiger charge is -2.34. The lowest BCUT2D eigenvalue weighted by Crippen LogP contribution is -2.52. The highest BCUT2D eigenvalue weighted by molar-refractivity contribution is 5.79. The molecule has 1 fully saturated rings. The van der Waals surface area contributed by atoms with Crippen LogP contribution in [0.3, 0.4) is 0 Å². The van der Waals surface area contributed by atoms with Crippen LogP contribution in [0.25, 0.3) is 0 Å². The molecule has 94 valence electrons. The van der Waals surface area contributed by atoms with Gasteiger partial charge in [0.05, 0.1) is 12.0 Å². The molecule has 0 saturated carbocycles. The normalized spacial score (nSPS) is 19.3. The molecule has 18 heavy (non-hydrogen) atoms. The fourth-order valence-electron chi connectivity index (χ4n) is 2.13. The standard InChI is InChI=1S/C13H16N4O/c1-10-7-15-2-3-17(10)13(18)5-11-4-12(6-14)9-16-8-11/h4,8-10,15H,2-3,5,7H2,1H3/t10-/m1/s1. The average Bonchev–Trinajstić information content (AvgIpc) is 2.39. The molecule has 1 aromatic heterocycles. The summed E-state index contributed by atoms with van der Waals surface area (Å²) < 4.78 is 0. The van der Waals surface area contributed by atoms with E-state index in [0.717, 1.165) is 25.2 Å². The van der Waals surface area contributed by atoms with Crippen LogP contribution in [0.4, 0.5) is 0 Å². The van der Waals surface area contributed by atoms with Crippen molar-refractivity contribution < 1.29 is 4.79 Å². The van der Waals surface area contributed by atoms with Crippen LogP contribution >= 0.6 is 0 Å². The summed E-state index contributed by atoms with van der Waals surface area (Å²) in [6.07, 6.45) is 3.46. The number of nitriles is 1. The number of aromatic nitrogens is 1. The van der Waals surface area contributed by atoms with Crippen LogP contribution in [0.5, 0.6) is 0 Å². The third-order valence-corrected chi connectivity index (χ3v) is 3.10. The summed E-state index contributed by atoms with van der Waals surface area (Å²) in [4.78, 5) is 18.0. The van der Waals surface area contributed by atoms with Crippen molar-refractivity contribution in [1.29, 1.82) is 5.26 Å². The number of carbonyl (C=O) groups is 1. The minimum Gasteiger partial charge on any atom is -0.337 e. The molecule has 2 rings (SSSR count). The van der Waals surface area contributed by atoms with Gasteiger partial charge < -0.3 is 10.2 Å². The second-order valence-electron chi connectivity index (χ2n) is 4.51. The molecule has 1 amide bonds. The molecule has 2 heterocycles. The smallest absolute Gasteiger partial charge is 0.227 e. The first-order valence-corrected chi connectivity index (χ1v) is 6.05. The van der Waals surface area contributed by atoms with Crippen LogP contribution in [-0.4, -0.2) is 41.5 Å². The van der Waals surface area contributed by atoms with E-state index >= 15 is 0 Å². The molecule has 5 nitrogen and oxygen atoms in total. The van der Waals surface area contributed by atoms with Crippen LogP contribution in [0.2, 0.25) is 0 Å². The van der Waals surface area contributed by atoms with Gasteiger partial charge in [0, 0.05) is 38.1 Å². The monoisotopic (exact) mass is 244 g/mol. The van der Waals surface area contributed by atoms with E-state index in [2.05, 4.69) is 10.3 Å². The van der Waals surface area contributed by atoms with Gasteiger partial charge in [0.1, 0.15) is 6.07 Å². The number of amides is 1. The second-order valence-corrected chi connectivity index (χ2v) is 4.51. The quantitative estimate of drug-likeness (QED) is 0.813. The Kier molecular flexibility index (Phi) is 3.90. The Labute approximate surface area is 106 Å². The molecule has 1 aliphatic rings. The van der Waals surface area contributed by atoms with E-state index in [1.807, 2.05) is 17.9 Å². The molecule has 0 unspecified atom stereocenters. The number of nitrogens with one attached hydrogen (secondary N) is 1. The molecular formula is C13H16N4O. The highest BCUT2D eigenvalue weighted by atomic mass is 16.2. The van der Waals surface area contributed by atoms with Gasteiger partial charge in [0.15, 0.2) is 0 Å². The third-order valence-electron chi connectivity index (χ3n) is 3.10. The van der Waals surface area contributed by atoms with Crippen molar-refractivity contribution >= 4 is 5.91 Å². The maximum atomic E-state index is 12.2. The SMILES string of the molecule is C[C@@H]1CNCCN1C(=O)Cc1cncc(C#N)c1. The molecule has 5 heteroatoms. The first-order valence-electron chi connectivity index (χ1n) is 6.05. The summed E-state index contributed by atoms with van der Waals surface area (Å²) >= 11 is 0. The summed E-state index contributed by atoms with van der Waals surface area (Å²) in [6.45, 7) is 4.45. The van der Waals surface area contributed by atoms with Crippen LogP contribution in [0, 0.1) is 11.3 Å². The Morgan fingerprint density at radius 1 is 1.67 bits per heavy atom. The van der Waals surface area contributed by atoms with E-state index in [9.17, 15) is 4.79 Å². The number of carbonyl (C=O) groups excluding carboxylic acids is 1.